The maximum atomic E-state index is 12.8. The molecule has 2 aromatic carbocycles. The van der Waals surface area contributed by atoms with Crippen molar-refractivity contribution in [3.05, 3.63) is 76.5 Å². The quantitative estimate of drug-likeness (QED) is 0.518. The van der Waals surface area contributed by atoms with Gasteiger partial charge in [-0.05, 0) is 69.7 Å². The average molecular weight is 438 g/mol. The van der Waals surface area contributed by atoms with Crippen molar-refractivity contribution >= 4 is 34.9 Å². The third-order valence-corrected chi connectivity index (χ3v) is 5.54. The standard InChI is InChI=1S/C24H27N3O3S/c1-5-27-16(4)20(23(29)30-6-2)21(26-24(27)31)18-8-7-9-19(14-18)25-22(28)17-12-10-15(3)11-13-17/h7-14,21H,5-6H2,1-4H3,(H,25,28)(H,26,31). The largest absolute Gasteiger partial charge is 0.463 e. The summed E-state index contributed by atoms with van der Waals surface area (Å²) in [4.78, 5) is 27.3. The van der Waals surface area contributed by atoms with Gasteiger partial charge in [0.15, 0.2) is 5.11 Å². The molecule has 1 heterocycles. The minimum atomic E-state index is -0.467. The summed E-state index contributed by atoms with van der Waals surface area (Å²) in [5, 5.41) is 6.73. The minimum absolute atomic E-state index is 0.196. The molecule has 0 aliphatic carbocycles. The number of aryl methyl sites for hydroxylation is 1. The van der Waals surface area contributed by atoms with Crippen molar-refractivity contribution in [2.45, 2.75) is 33.7 Å². The van der Waals surface area contributed by atoms with E-state index in [2.05, 4.69) is 10.6 Å². The number of nitrogens with one attached hydrogen (secondary N) is 2. The zero-order chi connectivity index (χ0) is 22.5. The number of rotatable bonds is 6. The topological polar surface area (TPSA) is 70.7 Å². The second kappa shape index (κ2) is 9.75. The molecule has 1 amide bonds. The molecular formula is C24H27N3O3S. The molecule has 0 bridgehead atoms. The fourth-order valence-corrected chi connectivity index (χ4v) is 3.97. The molecule has 1 unspecified atom stereocenters. The number of benzene rings is 2. The molecule has 0 saturated heterocycles. The summed E-state index contributed by atoms with van der Waals surface area (Å²) in [6, 6.07) is 14.3. The van der Waals surface area contributed by atoms with Crippen LogP contribution in [-0.2, 0) is 9.53 Å². The fraction of sp³-hybridized carbons (Fsp3) is 0.292. The van der Waals surface area contributed by atoms with Crippen molar-refractivity contribution in [3.63, 3.8) is 0 Å². The van der Waals surface area contributed by atoms with E-state index >= 15 is 0 Å². The molecule has 0 aromatic heterocycles. The summed E-state index contributed by atoms with van der Waals surface area (Å²) in [5.41, 5.74) is 4.39. The summed E-state index contributed by atoms with van der Waals surface area (Å²) in [6.07, 6.45) is 0. The van der Waals surface area contributed by atoms with E-state index in [-0.39, 0.29) is 18.5 Å². The molecule has 2 aromatic rings. The van der Waals surface area contributed by atoms with Crippen LogP contribution in [0.2, 0.25) is 0 Å². The Morgan fingerprint density at radius 1 is 1.13 bits per heavy atom. The van der Waals surface area contributed by atoms with Crippen LogP contribution in [0.4, 0.5) is 5.69 Å². The third kappa shape index (κ3) is 4.94. The highest BCUT2D eigenvalue weighted by atomic mass is 32.1. The van der Waals surface area contributed by atoms with E-state index in [1.54, 1.807) is 19.1 Å². The van der Waals surface area contributed by atoms with Gasteiger partial charge in [-0.1, -0.05) is 29.8 Å². The van der Waals surface area contributed by atoms with Crippen LogP contribution in [0, 0.1) is 6.92 Å². The Balaban J connectivity index is 1.93. The van der Waals surface area contributed by atoms with Crippen LogP contribution in [0.15, 0.2) is 59.8 Å². The smallest absolute Gasteiger partial charge is 0.338 e. The molecule has 0 spiro atoms. The molecule has 162 valence electrons. The maximum absolute atomic E-state index is 12.8. The molecule has 7 heteroatoms. The highest BCUT2D eigenvalue weighted by molar-refractivity contribution is 7.80. The van der Waals surface area contributed by atoms with Gasteiger partial charge in [-0.2, -0.15) is 0 Å². The first-order valence-corrected chi connectivity index (χ1v) is 10.7. The van der Waals surface area contributed by atoms with Gasteiger partial charge in [0.1, 0.15) is 0 Å². The van der Waals surface area contributed by atoms with E-state index in [9.17, 15) is 9.59 Å². The number of anilines is 1. The second-order valence-corrected chi connectivity index (χ2v) is 7.68. The van der Waals surface area contributed by atoms with Crippen LogP contribution in [-0.4, -0.2) is 35.0 Å². The van der Waals surface area contributed by atoms with Crippen molar-refractivity contribution in [1.82, 2.24) is 10.2 Å². The van der Waals surface area contributed by atoms with E-state index in [1.807, 2.05) is 62.1 Å². The molecule has 2 N–H and O–H groups in total. The van der Waals surface area contributed by atoms with Crippen molar-refractivity contribution < 1.29 is 14.3 Å². The highest BCUT2D eigenvalue weighted by Crippen LogP contribution is 2.32. The molecular weight excluding hydrogens is 410 g/mol. The van der Waals surface area contributed by atoms with Crippen LogP contribution in [0.1, 0.15) is 48.3 Å². The molecule has 1 aliphatic rings. The number of nitrogens with zero attached hydrogens (tertiary/aromatic N) is 1. The fourth-order valence-electron chi connectivity index (χ4n) is 3.59. The number of hydrogen-bond acceptors (Lipinski definition) is 4. The molecule has 3 rings (SSSR count). The van der Waals surface area contributed by atoms with Crippen LogP contribution in [0.25, 0.3) is 0 Å². The van der Waals surface area contributed by atoms with Crippen LogP contribution in [0.3, 0.4) is 0 Å². The Morgan fingerprint density at radius 2 is 1.84 bits per heavy atom. The average Bonchev–Trinajstić information content (AvgIpc) is 2.74. The van der Waals surface area contributed by atoms with Crippen LogP contribution < -0.4 is 10.6 Å². The van der Waals surface area contributed by atoms with Gasteiger partial charge in [0.05, 0.1) is 18.2 Å². The molecule has 31 heavy (non-hydrogen) atoms. The first-order valence-electron chi connectivity index (χ1n) is 10.3. The Morgan fingerprint density at radius 3 is 2.48 bits per heavy atom. The number of allylic oxidation sites excluding steroid dienone is 1. The minimum Gasteiger partial charge on any atom is -0.463 e. The van der Waals surface area contributed by atoms with Crippen molar-refractivity contribution in [1.29, 1.82) is 0 Å². The maximum Gasteiger partial charge on any atom is 0.338 e. The SMILES string of the molecule is CCOC(=O)C1=C(C)N(CC)C(=S)NC1c1cccc(NC(=O)c2ccc(C)cc2)c1. The van der Waals surface area contributed by atoms with Gasteiger partial charge in [-0.3, -0.25) is 4.79 Å². The summed E-state index contributed by atoms with van der Waals surface area (Å²) >= 11 is 5.52. The Kier molecular flexibility index (Phi) is 7.07. The van der Waals surface area contributed by atoms with Crippen LogP contribution >= 0.6 is 12.2 Å². The normalized spacial score (nSPS) is 16.1. The summed E-state index contributed by atoms with van der Waals surface area (Å²) in [5.74, 6) is -0.577. The van der Waals surface area contributed by atoms with Crippen LogP contribution in [0.5, 0.6) is 0 Å². The predicted molar refractivity (Wildman–Crippen MR) is 126 cm³/mol. The lowest BCUT2D eigenvalue weighted by atomic mass is 9.94. The third-order valence-electron chi connectivity index (χ3n) is 5.20. The number of carbonyl (C=O) groups excluding carboxylic acids is 2. The summed E-state index contributed by atoms with van der Waals surface area (Å²) in [7, 11) is 0. The van der Waals surface area contributed by atoms with Crippen molar-refractivity contribution in [2.24, 2.45) is 0 Å². The number of amides is 1. The number of carbonyl (C=O) groups is 2. The molecule has 0 fully saturated rings. The first-order chi connectivity index (χ1) is 14.8. The van der Waals surface area contributed by atoms with E-state index in [0.29, 0.717) is 28.5 Å². The Bertz CT molecular complexity index is 1030. The second-order valence-electron chi connectivity index (χ2n) is 7.29. The number of ether oxygens (including phenoxy) is 1. The summed E-state index contributed by atoms with van der Waals surface area (Å²) < 4.78 is 5.32. The van der Waals surface area contributed by atoms with Gasteiger partial charge in [-0.25, -0.2) is 4.79 Å². The van der Waals surface area contributed by atoms with Gasteiger partial charge in [0, 0.05) is 23.5 Å². The highest BCUT2D eigenvalue weighted by Gasteiger charge is 2.34. The Hall–Kier alpha value is -3.19. The molecule has 1 aliphatic heterocycles. The zero-order valence-electron chi connectivity index (χ0n) is 18.2. The number of hydrogen-bond donors (Lipinski definition) is 2. The lowest BCUT2D eigenvalue weighted by molar-refractivity contribution is -0.139. The van der Waals surface area contributed by atoms with Gasteiger partial charge >= 0.3 is 5.97 Å². The number of thiocarbonyl (C=S) groups is 1. The van der Waals surface area contributed by atoms with Gasteiger partial charge in [0.25, 0.3) is 5.91 Å². The van der Waals surface area contributed by atoms with E-state index in [1.165, 1.54) is 0 Å². The molecule has 1 atom stereocenters. The van der Waals surface area contributed by atoms with Gasteiger partial charge in [0.2, 0.25) is 0 Å². The van der Waals surface area contributed by atoms with E-state index in [4.69, 9.17) is 17.0 Å². The lowest BCUT2D eigenvalue weighted by Crippen LogP contribution is -2.47. The van der Waals surface area contributed by atoms with E-state index in [0.717, 1.165) is 16.8 Å². The number of esters is 1. The Labute approximate surface area is 188 Å². The lowest BCUT2D eigenvalue weighted by Gasteiger charge is -2.37. The molecule has 6 nitrogen and oxygen atoms in total. The van der Waals surface area contributed by atoms with Gasteiger partial charge < -0.3 is 20.3 Å². The first kappa shape index (κ1) is 22.5. The van der Waals surface area contributed by atoms with Crippen molar-refractivity contribution in [2.75, 3.05) is 18.5 Å². The molecule has 0 saturated carbocycles. The van der Waals surface area contributed by atoms with Crippen molar-refractivity contribution in [3.8, 4) is 0 Å². The monoisotopic (exact) mass is 437 g/mol. The summed E-state index contributed by atoms with van der Waals surface area (Å²) in [6.45, 7) is 8.53. The molecule has 0 radical (unpaired) electrons. The van der Waals surface area contributed by atoms with Gasteiger partial charge in [-0.15, -0.1) is 0 Å². The van der Waals surface area contributed by atoms with E-state index < -0.39 is 6.04 Å². The predicted octanol–water partition coefficient (Wildman–Crippen LogP) is 4.34. The zero-order valence-corrected chi connectivity index (χ0v) is 19.0.